The molecule has 0 aromatic carbocycles. The van der Waals surface area contributed by atoms with E-state index in [1.54, 1.807) is 6.20 Å². The molecule has 11 heteroatoms. The first kappa shape index (κ1) is 17.7. The molecule has 2 aromatic rings. The maximum Gasteiger partial charge on any atom is 0.302 e. The summed E-state index contributed by atoms with van der Waals surface area (Å²) in [6, 6.07) is 5.79. The molecule has 1 aliphatic rings. The highest BCUT2D eigenvalue weighted by molar-refractivity contribution is 6.32. The van der Waals surface area contributed by atoms with Crippen molar-refractivity contribution in [2.24, 2.45) is 16.5 Å². The predicted molar refractivity (Wildman–Crippen MR) is 100 cm³/mol. The summed E-state index contributed by atoms with van der Waals surface area (Å²) < 4.78 is 0. The Bertz CT molecular complexity index is 831. The Hall–Kier alpha value is -3.14. The van der Waals surface area contributed by atoms with Crippen LogP contribution in [-0.2, 0) is 0 Å². The molecule has 0 atom stereocenters. The van der Waals surface area contributed by atoms with E-state index in [0.29, 0.717) is 18.9 Å². The van der Waals surface area contributed by atoms with Gasteiger partial charge in [0.05, 0.1) is 0 Å². The fraction of sp³-hybridized carbons (Fsp3) is 0.267. The number of anilines is 3. The Balaban J connectivity index is 1.76. The normalized spacial score (nSPS) is 14.2. The van der Waals surface area contributed by atoms with Crippen LogP contribution < -0.4 is 27.0 Å². The molecule has 1 fully saturated rings. The van der Waals surface area contributed by atoms with E-state index in [-0.39, 0.29) is 22.6 Å². The van der Waals surface area contributed by atoms with Crippen molar-refractivity contribution >= 4 is 40.9 Å². The van der Waals surface area contributed by atoms with E-state index < -0.39 is 5.91 Å². The molecule has 0 unspecified atom stereocenters. The molecule has 6 N–H and O–H groups in total. The third-order valence-electron chi connectivity index (χ3n) is 3.85. The number of hydrogen-bond donors (Lipinski definition) is 3. The predicted octanol–water partition coefficient (Wildman–Crippen LogP) is -0.153. The second kappa shape index (κ2) is 7.40. The van der Waals surface area contributed by atoms with E-state index in [9.17, 15) is 4.79 Å². The first-order valence-electron chi connectivity index (χ1n) is 7.83. The van der Waals surface area contributed by atoms with Gasteiger partial charge >= 0.3 is 5.91 Å². The van der Waals surface area contributed by atoms with E-state index in [0.717, 1.165) is 18.9 Å². The van der Waals surface area contributed by atoms with Gasteiger partial charge in [0.15, 0.2) is 28.4 Å². The number of nitrogen functional groups attached to an aromatic ring is 1. The number of guanidine groups is 1. The highest BCUT2D eigenvalue weighted by Gasteiger charge is 2.24. The van der Waals surface area contributed by atoms with Crippen LogP contribution in [0.25, 0.3) is 0 Å². The monoisotopic (exact) mass is 375 g/mol. The van der Waals surface area contributed by atoms with Crippen LogP contribution in [-0.4, -0.2) is 53.0 Å². The maximum absolute atomic E-state index is 11.9. The van der Waals surface area contributed by atoms with Crippen molar-refractivity contribution in [2.45, 2.75) is 0 Å². The molecule has 0 aliphatic carbocycles. The summed E-state index contributed by atoms with van der Waals surface area (Å²) >= 11 is 6.21. The molecular weight excluding hydrogens is 358 g/mol. The molecule has 0 radical (unpaired) electrons. The van der Waals surface area contributed by atoms with Gasteiger partial charge in [-0.3, -0.25) is 4.79 Å². The number of halogens is 1. The number of aliphatic imine (C=N–C) groups is 1. The van der Waals surface area contributed by atoms with Crippen LogP contribution in [0.2, 0.25) is 5.15 Å². The lowest BCUT2D eigenvalue weighted by molar-refractivity contribution is 0.0998. The summed E-state index contributed by atoms with van der Waals surface area (Å²) in [4.78, 5) is 32.0. The van der Waals surface area contributed by atoms with Crippen LogP contribution in [0.4, 0.5) is 17.5 Å². The quantitative estimate of drug-likeness (QED) is 0.490. The molecule has 0 spiro atoms. The minimum Gasteiger partial charge on any atom is -0.382 e. The van der Waals surface area contributed by atoms with Crippen LogP contribution in [0.1, 0.15) is 10.5 Å². The number of amides is 1. The fourth-order valence-corrected chi connectivity index (χ4v) is 2.88. The Morgan fingerprint density at radius 3 is 2.42 bits per heavy atom. The van der Waals surface area contributed by atoms with Crippen LogP contribution in [0.3, 0.4) is 0 Å². The first-order chi connectivity index (χ1) is 12.5. The van der Waals surface area contributed by atoms with Gasteiger partial charge in [-0.2, -0.15) is 4.99 Å². The largest absolute Gasteiger partial charge is 0.382 e. The molecule has 26 heavy (non-hydrogen) atoms. The van der Waals surface area contributed by atoms with Crippen molar-refractivity contribution in [3.05, 3.63) is 35.2 Å². The van der Waals surface area contributed by atoms with Gasteiger partial charge < -0.3 is 27.0 Å². The van der Waals surface area contributed by atoms with Gasteiger partial charge in [0, 0.05) is 32.4 Å². The Morgan fingerprint density at radius 1 is 1.12 bits per heavy atom. The summed E-state index contributed by atoms with van der Waals surface area (Å²) in [5.41, 5.74) is 16.0. The van der Waals surface area contributed by atoms with E-state index in [4.69, 9.17) is 28.8 Å². The average Bonchev–Trinajstić information content (AvgIpc) is 2.63. The zero-order chi connectivity index (χ0) is 18.7. The second-order valence-corrected chi connectivity index (χ2v) is 5.93. The van der Waals surface area contributed by atoms with Crippen molar-refractivity contribution in [1.82, 2.24) is 15.0 Å². The third kappa shape index (κ3) is 3.75. The molecule has 2 aromatic heterocycles. The average molecular weight is 376 g/mol. The number of pyridine rings is 1. The molecular formula is C15H18ClN9O. The van der Waals surface area contributed by atoms with Gasteiger partial charge in [0.25, 0.3) is 0 Å². The van der Waals surface area contributed by atoms with E-state index in [1.165, 1.54) is 0 Å². The van der Waals surface area contributed by atoms with Crippen molar-refractivity contribution in [3.8, 4) is 0 Å². The van der Waals surface area contributed by atoms with Gasteiger partial charge in [-0.1, -0.05) is 17.7 Å². The molecule has 3 rings (SSSR count). The summed E-state index contributed by atoms with van der Waals surface area (Å²) in [7, 11) is 0. The van der Waals surface area contributed by atoms with Gasteiger partial charge in [0.1, 0.15) is 5.82 Å². The fourth-order valence-electron chi connectivity index (χ4n) is 2.64. The zero-order valence-corrected chi connectivity index (χ0v) is 14.6. The SMILES string of the molecule is NC(N)=NC(=O)c1nc(Cl)c(N2CCN(c3ccccn3)CC2)nc1N. The van der Waals surface area contributed by atoms with Gasteiger partial charge in [-0.25, -0.2) is 15.0 Å². The molecule has 136 valence electrons. The molecule has 1 amide bonds. The van der Waals surface area contributed by atoms with Crippen molar-refractivity contribution in [2.75, 3.05) is 41.7 Å². The molecule has 1 saturated heterocycles. The van der Waals surface area contributed by atoms with E-state index >= 15 is 0 Å². The summed E-state index contributed by atoms with van der Waals surface area (Å²) in [5, 5.41) is 0.0691. The number of hydrogen-bond acceptors (Lipinski definition) is 7. The van der Waals surface area contributed by atoms with E-state index in [2.05, 4.69) is 24.8 Å². The summed E-state index contributed by atoms with van der Waals surface area (Å²) in [5.74, 6) is 0.0881. The van der Waals surface area contributed by atoms with Crippen molar-refractivity contribution < 1.29 is 4.79 Å². The number of nitrogens with two attached hydrogens (primary N) is 3. The van der Waals surface area contributed by atoms with E-state index in [1.807, 2.05) is 23.1 Å². The van der Waals surface area contributed by atoms with Crippen LogP contribution >= 0.6 is 11.6 Å². The first-order valence-corrected chi connectivity index (χ1v) is 8.21. The second-order valence-electron chi connectivity index (χ2n) is 5.58. The molecule has 3 heterocycles. The standard InChI is InChI=1S/C15H18ClN9O/c16-11-13(22-12(17)10(21-11)14(26)23-15(18)19)25-7-5-24(6-8-25)9-3-1-2-4-20-9/h1-4H,5-8H2,(H2,17,22)(H4,18,19,23,26). The smallest absolute Gasteiger partial charge is 0.302 e. The lowest BCUT2D eigenvalue weighted by Gasteiger charge is -2.36. The lowest BCUT2D eigenvalue weighted by Crippen LogP contribution is -2.47. The Morgan fingerprint density at radius 2 is 1.81 bits per heavy atom. The Labute approximate surface area is 154 Å². The minimum atomic E-state index is -0.788. The number of rotatable bonds is 3. The number of carbonyl (C=O) groups excluding carboxylic acids is 1. The number of aromatic nitrogens is 3. The topological polar surface area (TPSA) is 153 Å². The molecule has 1 aliphatic heterocycles. The molecule has 0 bridgehead atoms. The zero-order valence-electron chi connectivity index (χ0n) is 13.8. The number of piperazine rings is 1. The number of carbonyl (C=O) groups is 1. The van der Waals surface area contributed by atoms with Gasteiger partial charge in [-0.15, -0.1) is 0 Å². The van der Waals surface area contributed by atoms with Crippen molar-refractivity contribution in [3.63, 3.8) is 0 Å². The molecule has 0 saturated carbocycles. The maximum atomic E-state index is 11.9. The van der Waals surface area contributed by atoms with Crippen LogP contribution in [0.15, 0.2) is 29.4 Å². The molecule has 10 nitrogen and oxygen atoms in total. The lowest BCUT2D eigenvalue weighted by atomic mass is 10.3. The van der Waals surface area contributed by atoms with Gasteiger partial charge in [-0.05, 0) is 12.1 Å². The highest BCUT2D eigenvalue weighted by atomic mass is 35.5. The Kier molecular flexibility index (Phi) is 5.03. The van der Waals surface area contributed by atoms with Crippen LogP contribution in [0.5, 0.6) is 0 Å². The number of nitrogens with zero attached hydrogens (tertiary/aromatic N) is 6. The highest BCUT2D eigenvalue weighted by Crippen LogP contribution is 2.26. The third-order valence-corrected chi connectivity index (χ3v) is 4.10. The minimum absolute atomic E-state index is 0.0691. The van der Waals surface area contributed by atoms with Crippen LogP contribution in [0, 0.1) is 0 Å². The van der Waals surface area contributed by atoms with Gasteiger partial charge in [0.2, 0.25) is 0 Å². The van der Waals surface area contributed by atoms with Crippen molar-refractivity contribution in [1.29, 1.82) is 0 Å². The summed E-state index contributed by atoms with van der Waals surface area (Å²) in [6.45, 7) is 2.80. The summed E-state index contributed by atoms with van der Waals surface area (Å²) in [6.07, 6.45) is 1.76.